The van der Waals surface area contributed by atoms with Crippen molar-refractivity contribution in [1.29, 1.82) is 0 Å². The normalized spacial score (nSPS) is 24.3. The second-order valence-corrected chi connectivity index (χ2v) is 4.69. The molecule has 1 fully saturated rings. The Bertz CT molecular complexity index is 223. The Hall–Kier alpha value is -0.260. The summed E-state index contributed by atoms with van der Waals surface area (Å²) in [4.78, 5) is 13.7. The summed E-state index contributed by atoms with van der Waals surface area (Å²) in [6.07, 6.45) is 0. The Morgan fingerprint density at radius 3 is 2.87 bits per heavy atom. The monoisotopic (exact) mass is 233 g/mol. The lowest BCUT2D eigenvalue weighted by Gasteiger charge is -2.36. The van der Waals surface area contributed by atoms with Gasteiger partial charge in [0.25, 0.3) is 0 Å². The number of thiol groups is 1. The zero-order valence-corrected chi connectivity index (χ0v) is 10.1. The first-order chi connectivity index (χ1) is 7.07. The van der Waals surface area contributed by atoms with Crippen LogP contribution < -0.4 is 0 Å². The summed E-state index contributed by atoms with van der Waals surface area (Å²) in [7, 11) is 0. The predicted octanol–water partition coefficient (Wildman–Crippen LogP) is 0.161. The third-order valence-corrected chi connectivity index (χ3v) is 3.42. The van der Waals surface area contributed by atoms with Gasteiger partial charge in [0.1, 0.15) is 0 Å². The van der Waals surface area contributed by atoms with Crippen LogP contribution in [0.15, 0.2) is 0 Å². The number of morpholine rings is 1. The Morgan fingerprint density at radius 1 is 1.67 bits per heavy atom. The molecule has 0 saturated carbocycles. The van der Waals surface area contributed by atoms with Crippen LogP contribution in [0.4, 0.5) is 0 Å². The van der Waals surface area contributed by atoms with E-state index in [-0.39, 0.29) is 29.7 Å². The number of aliphatic hydroxyl groups is 1. The minimum absolute atomic E-state index is 0.00400. The van der Waals surface area contributed by atoms with Crippen LogP contribution in [0.2, 0.25) is 0 Å². The van der Waals surface area contributed by atoms with Crippen LogP contribution in [-0.4, -0.2) is 53.6 Å². The zero-order chi connectivity index (χ0) is 11.4. The van der Waals surface area contributed by atoms with Crippen LogP contribution in [0.3, 0.4) is 0 Å². The maximum absolute atomic E-state index is 12.0. The van der Waals surface area contributed by atoms with Gasteiger partial charge in [0.05, 0.1) is 31.1 Å². The van der Waals surface area contributed by atoms with Crippen LogP contribution >= 0.6 is 12.6 Å². The number of hydrogen-bond acceptors (Lipinski definition) is 4. The molecule has 1 rings (SSSR count). The number of ether oxygens (including phenoxy) is 1. The van der Waals surface area contributed by atoms with Crippen molar-refractivity contribution in [3.05, 3.63) is 0 Å². The maximum atomic E-state index is 12.0. The lowest BCUT2D eigenvalue weighted by Crippen LogP contribution is -2.53. The molecule has 1 aliphatic rings. The molecular weight excluding hydrogens is 214 g/mol. The lowest BCUT2D eigenvalue weighted by atomic mass is 10.1. The quantitative estimate of drug-likeness (QED) is 0.683. The predicted molar refractivity (Wildman–Crippen MR) is 61.0 cm³/mol. The second kappa shape index (κ2) is 5.72. The molecular formula is C10H19NO3S. The molecule has 0 aromatic carbocycles. The van der Waals surface area contributed by atoms with E-state index in [0.717, 1.165) is 0 Å². The fraction of sp³-hybridized carbons (Fsp3) is 0.900. The van der Waals surface area contributed by atoms with E-state index < -0.39 is 0 Å². The van der Waals surface area contributed by atoms with Crippen molar-refractivity contribution in [2.75, 3.05) is 26.4 Å². The molecule has 1 N–H and O–H groups in total. The molecule has 15 heavy (non-hydrogen) atoms. The Morgan fingerprint density at radius 2 is 2.33 bits per heavy atom. The van der Waals surface area contributed by atoms with Gasteiger partial charge in [-0.25, -0.2) is 0 Å². The summed E-state index contributed by atoms with van der Waals surface area (Å²) in [5.41, 5.74) is 0. The van der Waals surface area contributed by atoms with Gasteiger partial charge in [0.15, 0.2) is 0 Å². The molecule has 1 aliphatic heterocycles. The molecule has 0 radical (unpaired) electrons. The molecule has 0 aromatic heterocycles. The molecule has 0 aromatic rings. The number of aliphatic hydroxyl groups excluding tert-OH is 1. The lowest BCUT2D eigenvalue weighted by molar-refractivity contribution is -0.141. The van der Waals surface area contributed by atoms with Crippen LogP contribution in [0.1, 0.15) is 13.8 Å². The number of carbonyl (C=O) groups is 1. The molecule has 5 heteroatoms. The van der Waals surface area contributed by atoms with Crippen LogP contribution in [-0.2, 0) is 9.53 Å². The number of hydrogen-bond donors (Lipinski definition) is 2. The standard InChI is InChI=1S/C10H19NO3S/c1-7(2)9(15)10(13)11-3-4-14-6-8(11)5-12/h7-9,12,15H,3-6H2,1-2H3. The minimum atomic E-state index is -0.294. The summed E-state index contributed by atoms with van der Waals surface area (Å²) >= 11 is 4.30. The molecule has 0 spiro atoms. The fourth-order valence-corrected chi connectivity index (χ4v) is 1.70. The van der Waals surface area contributed by atoms with E-state index in [2.05, 4.69) is 12.6 Å². The molecule has 4 nitrogen and oxygen atoms in total. The smallest absolute Gasteiger partial charge is 0.236 e. The van der Waals surface area contributed by atoms with Crippen molar-refractivity contribution in [2.45, 2.75) is 25.1 Å². The highest BCUT2D eigenvalue weighted by Gasteiger charge is 2.31. The van der Waals surface area contributed by atoms with Crippen molar-refractivity contribution >= 4 is 18.5 Å². The van der Waals surface area contributed by atoms with E-state index in [1.165, 1.54) is 0 Å². The number of nitrogens with zero attached hydrogens (tertiary/aromatic N) is 1. The van der Waals surface area contributed by atoms with Crippen molar-refractivity contribution < 1.29 is 14.6 Å². The third-order valence-electron chi connectivity index (χ3n) is 2.61. The van der Waals surface area contributed by atoms with Crippen molar-refractivity contribution in [3.63, 3.8) is 0 Å². The summed E-state index contributed by atoms with van der Waals surface area (Å²) in [6.45, 7) is 5.38. The molecule has 1 heterocycles. The first-order valence-corrected chi connectivity index (χ1v) is 5.76. The number of amides is 1. The van der Waals surface area contributed by atoms with E-state index >= 15 is 0 Å². The van der Waals surface area contributed by atoms with Gasteiger partial charge < -0.3 is 14.7 Å². The summed E-state index contributed by atoms with van der Waals surface area (Å²) in [5, 5.41) is 8.84. The zero-order valence-electron chi connectivity index (χ0n) is 9.22. The van der Waals surface area contributed by atoms with E-state index in [1.54, 1.807) is 4.90 Å². The Balaban J connectivity index is 2.63. The van der Waals surface area contributed by atoms with Gasteiger partial charge in [-0.1, -0.05) is 13.8 Å². The molecule has 2 atom stereocenters. The van der Waals surface area contributed by atoms with Gasteiger partial charge in [0, 0.05) is 6.54 Å². The van der Waals surface area contributed by atoms with E-state index in [9.17, 15) is 4.79 Å². The van der Waals surface area contributed by atoms with E-state index in [0.29, 0.717) is 19.8 Å². The largest absolute Gasteiger partial charge is 0.394 e. The highest BCUT2D eigenvalue weighted by molar-refractivity contribution is 7.81. The molecule has 1 saturated heterocycles. The van der Waals surface area contributed by atoms with Crippen molar-refractivity contribution in [2.24, 2.45) is 5.92 Å². The van der Waals surface area contributed by atoms with Gasteiger partial charge in [-0.05, 0) is 5.92 Å². The highest BCUT2D eigenvalue weighted by Crippen LogP contribution is 2.16. The molecule has 1 amide bonds. The average Bonchev–Trinajstić information content (AvgIpc) is 2.26. The highest BCUT2D eigenvalue weighted by atomic mass is 32.1. The summed E-state index contributed by atoms with van der Waals surface area (Å²) in [6, 6.07) is -0.209. The Kier molecular flexibility index (Phi) is 4.89. The fourth-order valence-electron chi connectivity index (χ4n) is 1.55. The van der Waals surface area contributed by atoms with Gasteiger partial charge in [-0.2, -0.15) is 12.6 Å². The summed E-state index contributed by atoms with van der Waals surface area (Å²) in [5.74, 6) is 0.193. The van der Waals surface area contributed by atoms with E-state index in [1.807, 2.05) is 13.8 Å². The van der Waals surface area contributed by atoms with Gasteiger partial charge >= 0.3 is 0 Å². The second-order valence-electron chi connectivity index (χ2n) is 4.13. The number of carbonyl (C=O) groups excluding carboxylic acids is 1. The summed E-state index contributed by atoms with van der Waals surface area (Å²) < 4.78 is 5.21. The maximum Gasteiger partial charge on any atom is 0.236 e. The third kappa shape index (κ3) is 3.09. The molecule has 0 bridgehead atoms. The Labute approximate surface area is 96.0 Å². The van der Waals surface area contributed by atoms with Gasteiger partial charge in [0.2, 0.25) is 5.91 Å². The van der Waals surface area contributed by atoms with Crippen molar-refractivity contribution in [1.82, 2.24) is 4.90 Å². The van der Waals surface area contributed by atoms with Crippen LogP contribution in [0.5, 0.6) is 0 Å². The molecule has 0 aliphatic carbocycles. The average molecular weight is 233 g/mol. The SMILES string of the molecule is CC(C)C(S)C(=O)N1CCOCC1CO. The topological polar surface area (TPSA) is 49.8 Å². The van der Waals surface area contributed by atoms with Gasteiger partial charge in [-0.15, -0.1) is 0 Å². The van der Waals surface area contributed by atoms with Crippen molar-refractivity contribution in [3.8, 4) is 0 Å². The van der Waals surface area contributed by atoms with E-state index in [4.69, 9.17) is 9.84 Å². The molecule has 2 unspecified atom stereocenters. The minimum Gasteiger partial charge on any atom is -0.394 e. The first-order valence-electron chi connectivity index (χ1n) is 5.25. The molecule has 88 valence electrons. The van der Waals surface area contributed by atoms with Gasteiger partial charge in [-0.3, -0.25) is 4.79 Å². The number of rotatable bonds is 3. The van der Waals surface area contributed by atoms with Crippen LogP contribution in [0.25, 0.3) is 0 Å². The first kappa shape index (κ1) is 12.8. The van der Waals surface area contributed by atoms with Crippen LogP contribution in [0, 0.1) is 5.92 Å².